The molecule has 1 aromatic rings. The Bertz CT molecular complexity index is 350. The second-order valence-corrected chi connectivity index (χ2v) is 4.01. The van der Waals surface area contributed by atoms with Crippen LogP contribution in [-0.2, 0) is 0 Å². The quantitative estimate of drug-likeness (QED) is 0.797. The Kier molecular flexibility index (Phi) is 3.56. The lowest BCUT2D eigenvalue weighted by Gasteiger charge is -2.24. The van der Waals surface area contributed by atoms with E-state index in [4.69, 9.17) is 4.74 Å². The van der Waals surface area contributed by atoms with Crippen LogP contribution in [-0.4, -0.2) is 36.2 Å². The van der Waals surface area contributed by atoms with Crippen LogP contribution in [0.15, 0.2) is 6.07 Å². The maximum atomic E-state index is 5.12. The number of aryl methyl sites for hydroxylation is 1. The second kappa shape index (κ2) is 5.12. The predicted molar refractivity (Wildman–Crippen MR) is 62.8 cm³/mol. The Labute approximate surface area is 95.6 Å². The summed E-state index contributed by atoms with van der Waals surface area (Å²) in [5, 5.41) is 6.76. The first kappa shape index (κ1) is 11.1. The van der Waals surface area contributed by atoms with Crippen molar-refractivity contribution in [1.82, 2.24) is 15.3 Å². The minimum Gasteiger partial charge on any atom is -0.481 e. The molecule has 1 fully saturated rings. The molecule has 0 spiro atoms. The molecule has 0 aromatic carbocycles. The van der Waals surface area contributed by atoms with Crippen molar-refractivity contribution in [3.63, 3.8) is 0 Å². The van der Waals surface area contributed by atoms with E-state index in [1.165, 1.54) is 0 Å². The van der Waals surface area contributed by atoms with Gasteiger partial charge in [-0.1, -0.05) is 0 Å². The third-order valence-corrected chi connectivity index (χ3v) is 2.71. The Morgan fingerprint density at radius 3 is 2.81 bits per heavy atom. The van der Waals surface area contributed by atoms with Crippen molar-refractivity contribution in [2.75, 3.05) is 25.5 Å². The predicted octanol–water partition coefficient (Wildman–Crippen LogP) is 0.958. The van der Waals surface area contributed by atoms with Crippen LogP contribution in [0.1, 0.15) is 18.7 Å². The normalized spacial score (nSPS) is 17.1. The number of hydrogen-bond acceptors (Lipinski definition) is 5. The number of nitrogens with zero attached hydrogens (tertiary/aromatic N) is 2. The zero-order valence-electron chi connectivity index (χ0n) is 9.79. The van der Waals surface area contributed by atoms with Gasteiger partial charge < -0.3 is 15.4 Å². The second-order valence-electron chi connectivity index (χ2n) is 4.01. The summed E-state index contributed by atoms with van der Waals surface area (Å²) in [6.45, 7) is 4.01. The maximum absolute atomic E-state index is 5.12. The van der Waals surface area contributed by atoms with Crippen molar-refractivity contribution < 1.29 is 4.74 Å². The van der Waals surface area contributed by atoms with Crippen molar-refractivity contribution >= 4 is 5.82 Å². The van der Waals surface area contributed by atoms with Crippen molar-refractivity contribution in [3.8, 4) is 5.88 Å². The fraction of sp³-hybridized carbons (Fsp3) is 0.636. The molecule has 16 heavy (non-hydrogen) atoms. The molecule has 0 aliphatic carbocycles. The average Bonchev–Trinajstić information content (AvgIpc) is 2.29. The molecule has 2 N–H and O–H groups in total. The van der Waals surface area contributed by atoms with E-state index in [1.54, 1.807) is 7.11 Å². The van der Waals surface area contributed by atoms with Gasteiger partial charge in [-0.3, -0.25) is 0 Å². The van der Waals surface area contributed by atoms with Crippen LogP contribution in [0.4, 0.5) is 5.82 Å². The van der Waals surface area contributed by atoms with Crippen LogP contribution in [0.25, 0.3) is 0 Å². The summed E-state index contributed by atoms with van der Waals surface area (Å²) in [6.07, 6.45) is 2.26. The summed E-state index contributed by atoms with van der Waals surface area (Å²) in [4.78, 5) is 8.51. The number of nitrogens with one attached hydrogen (secondary N) is 2. The molecule has 1 aliphatic heterocycles. The van der Waals surface area contributed by atoms with Crippen LogP contribution in [0.5, 0.6) is 5.88 Å². The minimum atomic E-state index is 0.500. The first-order valence-corrected chi connectivity index (χ1v) is 5.65. The van der Waals surface area contributed by atoms with Gasteiger partial charge in [-0.15, -0.1) is 0 Å². The van der Waals surface area contributed by atoms with E-state index in [-0.39, 0.29) is 0 Å². The zero-order valence-corrected chi connectivity index (χ0v) is 9.79. The number of hydrogen-bond donors (Lipinski definition) is 2. The summed E-state index contributed by atoms with van der Waals surface area (Å²) in [7, 11) is 1.62. The molecule has 5 heteroatoms. The number of ether oxygens (including phenoxy) is 1. The molecule has 2 heterocycles. The molecule has 0 atom stereocenters. The molecular weight excluding hydrogens is 204 g/mol. The summed E-state index contributed by atoms with van der Waals surface area (Å²) in [5.74, 6) is 2.20. The number of anilines is 1. The van der Waals surface area contributed by atoms with E-state index in [1.807, 2.05) is 13.0 Å². The van der Waals surface area contributed by atoms with Crippen LogP contribution >= 0.6 is 0 Å². The van der Waals surface area contributed by atoms with E-state index in [2.05, 4.69) is 20.6 Å². The Morgan fingerprint density at radius 1 is 1.38 bits per heavy atom. The third-order valence-electron chi connectivity index (χ3n) is 2.71. The number of piperidine rings is 1. The average molecular weight is 222 g/mol. The first-order valence-electron chi connectivity index (χ1n) is 5.65. The fourth-order valence-electron chi connectivity index (χ4n) is 1.89. The zero-order chi connectivity index (χ0) is 11.4. The highest BCUT2D eigenvalue weighted by Crippen LogP contribution is 2.16. The van der Waals surface area contributed by atoms with E-state index < -0.39 is 0 Å². The third kappa shape index (κ3) is 2.82. The topological polar surface area (TPSA) is 59.1 Å². The summed E-state index contributed by atoms with van der Waals surface area (Å²) < 4.78 is 5.12. The number of rotatable bonds is 3. The first-order chi connectivity index (χ1) is 7.78. The monoisotopic (exact) mass is 222 g/mol. The summed E-state index contributed by atoms with van der Waals surface area (Å²) in [6, 6.07) is 2.34. The van der Waals surface area contributed by atoms with Gasteiger partial charge in [0, 0.05) is 12.1 Å². The van der Waals surface area contributed by atoms with Gasteiger partial charge in [0.1, 0.15) is 11.6 Å². The molecule has 2 rings (SSSR count). The van der Waals surface area contributed by atoms with Gasteiger partial charge in [-0.25, -0.2) is 4.98 Å². The van der Waals surface area contributed by atoms with Gasteiger partial charge in [-0.2, -0.15) is 4.98 Å². The Morgan fingerprint density at radius 2 is 2.12 bits per heavy atom. The highest BCUT2D eigenvalue weighted by molar-refractivity contribution is 5.39. The fourth-order valence-corrected chi connectivity index (χ4v) is 1.89. The highest BCUT2D eigenvalue weighted by atomic mass is 16.5. The molecule has 5 nitrogen and oxygen atoms in total. The van der Waals surface area contributed by atoms with Crippen molar-refractivity contribution in [3.05, 3.63) is 11.9 Å². The largest absolute Gasteiger partial charge is 0.481 e. The molecule has 1 aromatic heterocycles. The summed E-state index contributed by atoms with van der Waals surface area (Å²) >= 11 is 0. The lowest BCUT2D eigenvalue weighted by Crippen LogP contribution is -2.35. The van der Waals surface area contributed by atoms with Gasteiger partial charge in [0.15, 0.2) is 0 Å². The molecule has 0 saturated carbocycles. The lowest BCUT2D eigenvalue weighted by molar-refractivity contribution is 0.395. The minimum absolute atomic E-state index is 0.500. The van der Waals surface area contributed by atoms with Gasteiger partial charge in [-0.05, 0) is 32.9 Å². The number of methoxy groups -OCH3 is 1. The van der Waals surface area contributed by atoms with Crippen LogP contribution in [0, 0.1) is 6.92 Å². The molecule has 0 amide bonds. The van der Waals surface area contributed by atoms with Gasteiger partial charge in [0.05, 0.1) is 7.11 Å². The van der Waals surface area contributed by atoms with Crippen molar-refractivity contribution in [1.29, 1.82) is 0 Å². The standard InChI is InChI=1S/C11H18N4O/c1-8-13-10(7-11(14-8)16-2)15-9-3-5-12-6-4-9/h7,9,12H,3-6H2,1-2H3,(H,13,14,15). The highest BCUT2D eigenvalue weighted by Gasteiger charge is 2.13. The van der Waals surface area contributed by atoms with Crippen LogP contribution in [0.2, 0.25) is 0 Å². The van der Waals surface area contributed by atoms with E-state index in [0.717, 1.165) is 37.6 Å². The molecule has 0 unspecified atom stereocenters. The van der Waals surface area contributed by atoms with Crippen molar-refractivity contribution in [2.24, 2.45) is 0 Å². The van der Waals surface area contributed by atoms with Gasteiger partial charge >= 0.3 is 0 Å². The van der Waals surface area contributed by atoms with E-state index in [0.29, 0.717) is 11.9 Å². The molecular formula is C11H18N4O. The Hall–Kier alpha value is -1.36. The summed E-state index contributed by atoms with van der Waals surface area (Å²) in [5.41, 5.74) is 0. The Balaban J connectivity index is 2.04. The lowest BCUT2D eigenvalue weighted by atomic mass is 10.1. The number of aromatic nitrogens is 2. The molecule has 0 bridgehead atoms. The molecule has 1 saturated heterocycles. The SMILES string of the molecule is COc1cc(NC2CCNCC2)nc(C)n1. The maximum Gasteiger partial charge on any atom is 0.218 e. The van der Waals surface area contributed by atoms with Gasteiger partial charge in [0.2, 0.25) is 5.88 Å². The van der Waals surface area contributed by atoms with Crippen LogP contribution < -0.4 is 15.4 Å². The molecule has 88 valence electrons. The van der Waals surface area contributed by atoms with E-state index >= 15 is 0 Å². The van der Waals surface area contributed by atoms with Crippen molar-refractivity contribution in [2.45, 2.75) is 25.8 Å². The van der Waals surface area contributed by atoms with E-state index in [9.17, 15) is 0 Å². The molecule has 1 aliphatic rings. The molecule has 0 radical (unpaired) electrons. The van der Waals surface area contributed by atoms with Gasteiger partial charge in [0.25, 0.3) is 0 Å². The smallest absolute Gasteiger partial charge is 0.218 e. The van der Waals surface area contributed by atoms with Crippen LogP contribution in [0.3, 0.4) is 0 Å².